The predicted octanol–water partition coefficient (Wildman–Crippen LogP) is 4.43. The summed E-state index contributed by atoms with van der Waals surface area (Å²) in [7, 11) is 0. The highest BCUT2D eigenvalue weighted by Gasteiger charge is 2.13. The smallest absolute Gasteiger partial charge is 0.267 e. The first-order chi connectivity index (χ1) is 10.3. The summed E-state index contributed by atoms with van der Waals surface area (Å²) in [5.74, 6) is -0.163. The van der Waals surface area contributed by atoms with Gasteiger partial charge >= 0.3 is 0 Å². The van der Waals surface area contributed by atoms with E-state index in [-0.39, 0.29) is 11.3 Å². The lowest BCUT2D eigenvalue weighted by molar-refractivity contribution is 0.0955. The Balaban J connectivity index is 2.01. The molecule has 0 fully saturated rings. The summed E-state index contributed by atoms with van der Waals surface area (Å²) in [5, 5.41) is 5.91. The lowest BCUT2D eigenvalue weighted by Crippen LogP contribution is -2.17. The van der Waals surface area contributed by atoms with E-state index in [1.807, 2.05) is 31.4 Å². The quantitative estimate of drug-likeness (QED) is 0.661. The molecule has 0 unspecified atom stereocenters. The second-order valence-corrected chi connectivity index (χ2v) is 7.49. The van der Waals surface area contributed by atoms with Crippen molar-refractivity contribution in [2.75, 3.05) is 0 Å². The molecular weight excluding hydrogens is 292 g/mol. The van der Waals surface area contributed by atoms with Gasteiger partial charge in [0.25, 0.3) is 5.91 Å². The van der Waals surface area contributed by atoms with Crippen LogP contribution in [-0.4, -0.2) is 12.1 Å². The highest BCUT2D eigenvalue weighted by atomic mass is 32.1. The second-order valence-electron chi connectivity index (χ2n) is 6.40. The van der Waals surface area contributed by atoms with Crippen LogP contribution in [0.5, 0.6) is 0 Å². The zero-order valence-corrected chi connectivity index (χ0v) is 14.5. The van der Waals surface area contributed by atoms with Gasteiger partial charge in [0.15, 0.2) is 0 Å². The third-order valence-electron chi connectivity index (χ3n) is 3.69. The molecule has 116 valence electrons. The van der Waals surface area contributed by atoms with Crippen LogP contribution in [0.15, 0.2) is 34.7 Å². The van der Waals surface area contributed by atoms with Crippen LogP contribution < -0.4 is 5.43 Å². The van der Waals surface area contributed by atoms with Gasteiger partial charge in [0.2, 0.25) is 0 Å². The molecule has 0 saturated heterocycles. The number of benzene rings is 1. The number of thiophene rings is 1. The van der Waals surface area contributed by atoms with E-state index >= 15 is 0 Å². The number of hydrogen-bond acceptors (Lipinski definition) is 3. The molecule has 0 saturated carbocycles. The van der Waals surface area contributed by atoms with Crippen LogP contribution in [0.3, 0.4) is 0 Å². The van der Waals surface area contributed by atoms with Crippen LogP contribution in [0.25, 0.3) is 0 Å². The Morgan fingerprint density at radius 2 is 1.82 bits per heavy atom. The molecule has 1 amide bonds. The fourth-order valence-corrected chi connectivity index (χ4v) is 2.90. The van der Waals surface area contributed by atoms with Crippen LogP contribution in [0.4, 0.5) is 0 Å². The summed E-state index contributed by atoms with van der Waals surface area (Å²) in [4.78, 5) is 13.2. The Hall–Kier alpha value is -1.94. The van der Waals surface area contributed by atoms with E-state index in [1.54, 1.807) is 17.6 Å². The summed E-state index contributed by atoms with van der Waals surface area (Å²) in [6.07, 6.45) is 1.67. The molecular formula is C18H22N2OS. The molecule has 2 rings (SSSR count). The van der Waals surface area contributed by atoms with Gasteiger partial charge in [-0.15, -0.1) is 11.3 Å². The first-order valence-corrected chi connectivity index (χ1v) is 8.15. The van der Waals surface area contributed by atoms with E-state index < -0.39 is 0 Å². The molecule has 2 aromatic rings. The SMILES string of the molecule is Cc1scc(C(=O)N/N=C/c2ccc(C(C)(C)C)cc2)c1C. The molecule has 0 radical (unpaired) electrons. The Bertz CT molecular complexity index is 691. The van der Waals surface area contributed by atoms with Gasteiger partial charge < -0.3 is 0 Å². The summed E-state index contributed by atoms with van der Waals surface area (Å²) < 4.78 is 0. The number of rotatable bonds is 3. The first kappa shape index (κ1) is 16.4. The molecule has 0 spiro atoms. The number of carbonyl (C=O) groups is 1. The number of nitrogens with one attached hydrogen (secondary N) is 1. The summed E-state index contributed by atoms with van der Waals surface area (Å²) in [6, 6.07) is 8.21. The van der Waals surface area contributed by atoms with Gasteiger partial charge in [-0.25, -0.2) is 5.43 Å². The molecule has 0 aliphatic heterocycles. The zero-order chi connectivity index (χ0) is 16.3. The van der Waals surface area contributed by atoms with Crippen molar-refractivity contribution < 1.29 is 4.79 Å². The number of aryl methyl sites for hydroxylation is 1. The number of amides is 1. The van der Waals surface area contributed by atoms with Gasteiger partial charge in [0.05, 0.1) is 11.8 Å². The minimum Gasteiger partial charge on any atom is -0.267 e. The number of carbonyl (C=O) groups excluding carboxylic acids is 1. The monoisotopic (exact) mass is 314 g/mol. The van der Waals surface area contributed by atoms with Gasteiger partial charge in [0, 0.05) is 10.3 Å². The zero-order valence-electron chi connectivity index (χ0n) is 13.7. The minimum absolute atomic E-state index is 0.137. The second kappa shape index (κ2) is 6.44. The van der Waals surface area contributed by atoms with Crippen molar-refractivity contribution in [1.29, 1.82) is 0 Å². The van der Waals surface area contributed by atoms with E-state index in [0.29, 0.717) is 5.56 Å². The fraction of sp³-hybridized carbons (Fsp3) is 0.333. The van der Waals surface area contributed by atoms with Crippen molar-refractivity contribution in [3.63, 3.8) is 0 Å². The van der Waals surface area contributed by atoms with Crippen molar-refractivity contribution >= 4 is 23.5 Å². The molecule has 0 aliphatic rings. The average Bonchev–Trinajstić information content (AvgIpc) is 2.78. The van der Waals surface area contributed by atoms with Crippen LogP contribution in [-0.2, 0) is 5.41 Å². The molecule has 0 aliphatic carbocycles. The molecule has 1 aromatic carbocycles. The molecule has 1 N–H and O–H groups in total. The Morgan fingerprint density at radius 3 is 2.32 bits per heavy atom. The van der Waals surface area contributed by atoms with E-state index in [1.165, 1.54) is 5.56 Å². The van der Waals surface area contributed by atoms with Crippen LogP contribution in [0, 0.1) is 13.8 Å². The summed E-state index contributed by atoms with van der Waals surface area (Å²) >= 11 is 1.58. The number of nitrogens with zero attached hydrogens (tertiary/aromatic N) is 1. The standard InChI is InChI=1S/C18H22N2OS/c1-12-13(2)22-11-16(12)17(21)20-19-10-14-6-8-15(9-7-14)18(3,4)5/h6-11H,1-5H3,(H,20,21)/b19-10+. The van der Waals surface area contributed by atoms with Gasteiger partial charge in [-0.3, -0.25) is 4.79 Å². The average molecular weight is 314 g/mol. The third kappa shape index (κ3) is 3.83. The van der Waals surface area contributed by atoms with Gasteiger partial charge in [0.1, 0.15) is 0 Å². The summed E-state index contributed by atoms with van der Waals surface area (Å²) in [6.45, 7) is 10.5. The summed E-state index contributed by atoms with van der Waals surface area (Å²) in [5.41, 5.74) is 6.68. The van der Waals surface area contributed by atoms with Crippen molar-refractivity contribution in [3.05, 3.63) is 56.8 Å². The van der Waals surface area contributed by atoms with E-state index in [4.69, 9.17) is 0 Å². The highest BCUT2D eigenvalue weighted by Crippen LogP contribution is 2.22. The fourth-order valence-electron chi connectivity index (χ4n) is 2.03. The van der Waals surface area contributed by atoms with Crippen molar-refractivity contribution in [2.24, 2.45) is 5.10 Å². The molecule has 1 aromatic heterocycles. The predicted molar refractivity (Wildman–Crippen MR) is 94.0 cm³/mol. The number of hydrazone groups is 1. The molecule has 0 atom stereocenters. The maximum atomic E-state index is 12.0. The van der Waals surface area contributed by atoms with E-state index in [9.17, 15) is 4.79 Å². The molecule has 0 bridgehead atoms. The molecule has 1 heterocycles. The first-order valence-electron chi connectivity index (χ1n) is 7.27. The van der Waals surface area contributed by atoms with E-state index in [0.717, 1.165) is 16.0 Å². The number of hydrogen-bond donors (Lipinski definition) is 1. The maximum absolute atomic E-state index is 12.0. The normalized spacial score (nSPS) is 11.9. The molecule has 3 nitrogen and oxygen atoms in total. The minimum atomic E-state index is -0.163. The Kier molecular flexibility index (Phi) is 4.81. The van der Waals surface area contributed by atoms with Gasteiger partial charge in [-0.2, -0.15) is 5.10 Å². The maximum Gasteiger partial charge on any atom is 0.272 e. The lowest BCUT2D eigenvalue weighted by Gasteiger charge is -2.18. The molecule has 22 heavy (non-hydrogen) atoms. The van der Waals surface area contributed by atoms with Crippen LogP contribution in [0.2, 0.25) is 0 Å². The van der Waals surface area contributed by atoms with Crippen molar-refractivity contribution in [1.82, 2.24) is 5.43 Å². The third-order valence-corrected chi connectivity index (χ3v) is 4.70. The lowest BCUT2D eigenvalue weighted by atomic mass is 9.87. The van der Waals surface area contributed by atoms with Crippen LogP contribution >= 0.6 is 11.3 Å². The van der Waals surface area contributed by atoms with Gasteiger partial charge in [-0.1, -0.05) is 45.0 Å². The van der Waals surface area contributed by atoms with E-state index in [2.05, 4.69) is 43.4 Å². The van der Waals surface area contributed by atoms with Crippen molar-refractivity contribution in [2.45, 2.75) is 40.0 Å². The molecule has 4 heteroatoms. The van der Waals surface area contributed by atoms with Crippen LogP contribution in [0.1, 0.15) is 52.7 Å². The Labute approximate surface area is 136 Å². The highest BCUT2D eigenvalue weighted by molar-refractivity contribution is 7.10. The Morgan fingerprint density at radius 1 is 1.18 bits per heavy atom. The largest absolute Gasteiger partial charge is 0.272 e. The topological polar surface area (TPSA) is 41.5 Å². The van der Waals surface area contributed by atoms with Gasteiger partial charge in [-0.05, 0) is 36.0 Å². The van der Waals surface area contributed by atoms with Crippen molar-refractivity contribution in [3.8, 4) is 0 Å².